The first-order valence-corrected chi connectivity index (χ1v) is 7.42. The van der Waals surface area contributed by atoms with E-state index in [1.54, 1.807) is 18.2 Å². The van der Waals surface area contributed by atoms with Crippen LogP contribution in [0.4, 0.5) is 0 Å². The van der Waals surface area contributed by atoms with Gasteiger partial charge >= 0.3 is 0 Å². The lowest BCUT2D eigenvalue weighted by Crippen LogP contribution is -2.28. The molecule has 3 rings (SSSR count). The number of hydrogen-bond donors (Lipinski definition) is 1. The first-order valence-electron chi connectivity index (χ1n) is 7.42. The standard InChI is InChI=1S/C17H16N2O4/c1-2-7-18-15(20)11-5-6-13-14(9-11)17(22)19(16(13)21)10-12-4-3-8-23-12/h3-6,8-9H,2,7,10H2,1H3,(H,18,20). The minimum atomic E-state index is -0.411. The average Bonchev–Trinajstić information content (AvgIpc) is 3.15. The molecule has 0 aliphatic carbocycles. The minimum absolute atomic E-state index is 0.0801. The molecule has 2 heterocycles. The second-order valence-electron chi connectivity index (χ2n) is 5.29. The van der Waals surface area contributed by atoms with Crippen LogP contribution in [-0.4, -0.2) is 29.2 Å². The highest BCUT2D eigenvalue weighted by atomic mass is 16.3. The summed E-state index contributed by atoms with van der Waals surface area (Å²) in [6.45, 7) is 2.60. The lowest BCUT2D eigenvalue weighted by Gasteiger charge is -2.11. The molecule has 1 aromatic carbocycles. The molecule has 0 fully saturated rings. The molecule has 0 spiro atoms. The number of benzene rings is 1. The maximum Gasteiger partial charge on any atom is 0.261 e. The summed E-state index contributed by atoms with van der Waals surface area (Å²) in [5.41, 5.74) is 0.942. The van der Waals surface area contributed by atoms with Gasteiger partial charge in [0.05, 0.1) is 23.9 Å². The predicted molar refractivity (Wildman–Crippen MR) is 82.0 cm³/mol. The molecule has 118 valence electrons. The molecule has 3 amide bonds. The molecule has 6 heteroatoms. The van der Waals surface area contributed by atoms with Crippen molar-refractivity contribution in [2.24, 2.45) is 0 Å². The van der Waals surface area contributed by atoms with E-state index in [4.69, 9.17) is 4.42 Å². The Morgan fingerprint density at radius 2 is 1.96 bits per heavy atom. The summed E-state index contributed by atoms with van der Waals surface area (Å²) in [5.74, 6) is -0.506. The van der Waals surface area contributed by atoms with Crippen molar-refractivity contribution in [2.75, 3.05) is 6.54 Å². The predicted octanol–water partition coefficient (Wildman–Crippen LogP) is 2.22. The molecule has 0 saturated heterocycles. The maximum atomic E-state index is 12.5. The number of furan rings is 1. The van der Waals surface area contributed by atoms with Gasteiger partial charge < -0.3 is 9.73 Å². The third-order valence-electron chi connectivity index (χ3n) is 3.66. The van der Waals surface area contributed by atoms with Gasteiger partial charge in [-0.3, -0.25) is 19.3 Å². The fraction of sp³-hybridized carbons (Fsp3) is 0.235. The molecule has 6 nitrogen and oxygen atoms in total. The van der Waals surface area contributed by atoms with Crippen LogP contribution < -0.4 is 5.32 Å². The number of hydrogen-bond acceptors (Lipinski definition) is 4. The van der Waals surface area contributed by atoms with Crippen molar-refractivity contribution in [3.8, 4) is 0 Å². The molecule has 0 radical (unpaired) electrons. The molecule has 23 heavy (non-hydrogen) atoms. The number of nitrogens with one attached hydrogen (secondary N) is 1. The largest absolute Gasteiger partial charge is 0.467 e. The number of imide groups is 1. The van der Waals surface area contributed by atoms with Crippen LogP contribution in [0.5, 0.6) is 0 Å². The number of nitrogens with zero attached hydrogens (tertiary/aromatic N) is 1. The Morgan fingerprint density at radius 1 is 1.17 bits per heavy atom. The Hall–Kier alpha value is -2.89. The number of fused-ring (bicyclic) bond motifs is 1. The second-order valence-corrected chi connectivity index (χ2v) is 5.29. The molecule has 0 saturated carbocycles. The highest BCUT2D eigenvalue weighted by molar-refractivity contribution is 6.21. The Balaban J connectivity index is 1.85. The van der Waals surface area contributed by atoms with Gasteiger partial charge in [0, 0.05) is 12.1 Å². The van der Waals surface area contributed by atoms with Gasteiger partial charge in [-0.2, -0.15) is 0 Å². The van der Waals surface area contributed by atoms with E-state index in [0.717, 1.165) is 11.3 Å². The highest BCUT2D eigenvalue weighted by Gasteiger charge is 2.36. The van der Waals surface area contributed by atoms with Gasteiger partial charge in [0.2, 0.25) is 0 Å². The van der Waals surface area contributed by atoms with E-state index in [-0.39, 0.29) is 23.9 Å². The van der Waals surface area contributed by atoms with Crippen LogP contribution in [0.25, 0.3) is 0 Å². The summed E-state index contributed by atoms with van der Waals surface area (Å²) < 4.78 is 5.19. The van der Waals surface area contributed by atoms with Crippen molar-refractivity contribution in [3.63, 3.8) is 0 Å². The molecule has 1 aliphatic heterocycles. The Morgan fingerprint density at radius 3 is 2.65 bits per heavy atom. The molecule has 0 unspecified atom stereocenters. The van der Waals surface area contributed by atoms with Crippen molar-refractivity contribution < 1.29 is 18.8 Å². The summed E-state index contributed by atoms with van der Waals surface area (Å²) in [4.78, 5) is 37.9. The fourth-order valence-corrected chi connectivity index (χ4v) is 2.47. The van der Waals surface area contributed by atoms with E-state index >= 15 is 0 Å². The van der Waals surface area contributed by atoms with E-state index in [1.807, 2.05) is 6.92 Å². The van der Waals surface area contributed by atoms with Crippen LogP contribution in [0.2, 0.25) is 0 Å². The topological polar surface area (TPSA) is 79.6 Å². The first-order chi connectivity index (χ1) is 11.1. The molecule has 1 aliphatic rings. The maximum absolute atomic E-state index is 12.5. The van der Waals surface area contributed by atoms with Crippen molar-refractivity contribution in [3.05, 3.63) is 59.0 Å². The molecule has 0 atom stereocenters. The zero-order valence-corrected chi connectivity index (χ0v) is 12.7. The van der Waals surface area contributed by atoms with Crippen LogP contribution >= 0.6 is 0 Å². The average molecular weight is 312 g/mol. The Labute approximate surface area is 133 Å². The van der Waals surface area contributed by atoms with E-state index < -0.39 is 5.91 Å². The van der Waals surface area contributed by atoms with Crippen LogP contribution in [0.1, 0.15) is 50.2 Å². The number of carbonyl (C=O) groups is 3. The SMILES string of the molecule is CCCNC(=O)c1ccc2c(c1)C(=O)N(Cc1ccco1)C2=O. The van der Waals surface area contributed by atoms with Gasteiger partial charge in [0.15, 0.2) is 0 Å². The van der Waals surface area contributed by atoms with Crippen molar-refractivity contribution in [1.29, 1.82) is 0 Å². The van der Waals surface area contributed by atoms with Crippen molar-refractivity contribution in [1.82, 2.24) is 10.2 Å². The summed E-state index contributed by atoms with van der Waals surface area (Å²) >= 11 is 0. The van der Waals surface area contributed by atoms with E-state index in [9.17, 15) is 14.4 Å². The van der Waals surface area contributed by atoms with Gasteiger partial charge in [-0.05, 0) is 36.8 Å². The number of amides is 3. The molecule has 0 bridgehead atoms. The monoisotopic (exact) mass is 312 g/mol. The van der Waals surface area contributed by atoms with Crippen LogP contribution in [0.3, 0.4) is 0 Å². The third-order valence-corrected chi connectivity index (χ3v) is 3.66. The normalized spacial score (nSPS) is 13.3. The minimum Gasteiger partial charge on any atom is -0.467 e. The van der Waals surface area contributed by atoms with Crippen LogP contribution in [0.15, 0.2) is 41.0 Å². The quantitative estimate of drug-likeness (QED) is 0.859. The third kappa shape index (κ3) is 2.75. The number of rotatable bonds is 5. The van der Waals surface area contributed by atoms with Gasteiger partial charge in [0.1, 0.15) is 5.76 Å². The second kappa shape index (κ2) is 6.08. The summed E-state index contributed by atoms with van der Waals surface area (Å²) in [5, 5.41) is 2.75. The lowest BCUT2D eigenvalue weighted by molar-refractivity contribution is 0.0631. The zero-order valence-electron chi connectivity index (χ0n) is 12.7. The summed E-state index contributed by atoms with van der Waals surface area (Å²) in [7, 11) is 0. The Kier molecular flexibility index (Phi) is 3.97. The van der Waals surface area contributed by atoms with Gasteiger partial charge in [-0.25, -0.2) is 0 Å². The molecule has 1 N–H and O–H groups in total. The van der Waals surface area contributed by atoms with Gasteiger partial charge in [-0.1, -0.05) is 6.92 Å². The van der Waals surface area contributed by atoms with Gasteiger partial charge in [0.25, 0.3) is 17.7 Å². The fourth-order valence-electron chi connectivity index (χ4n) is 2.47. The molecular formula is C17H16N2O4. The van der Waals surface area contributed by atoms with E-state index in [1.165, 1.54) is 18.4 Å². The lowest BCUT2D eigenvalue weighted by atomic mass is 10.1. The van der Waals surface area contributed by atoms with Crippen molar-refractivity contribution >= 4 is 17.7 Å². The molecular weight excluding hydrogens is 296 g/mol. The van der Waals surface area contributed by atoms with Crippen LogP contribution in [-0.2, 0) is 6.54 Å². The smallest absolute Gasteiger partial charge is 0.261 e. The van der Waals surface area contributed by atoms with E-state index in [0.29, 0.717) is 23.4 Å². The highest BCUT2D eigenvalue weighted by Crippen LogP contribution is 2.25. The summed E-state index contributed by atoms with van der Waals surface area (Å²) in [6.07, 6.45) is 2.31. The zero-order chi connectivity index (χ0) is 16.4. The molecule has 2 aromatic rings. The summed E-state index contributed by atoms with van der Waals surface area (Å²) in [6, 6.07) is 7.96. The van der Waals surface area contributed by atoms with E-state index in [2.05, 4.69) is 5.32 Å². The van der Waals surface area contributed by atoms with Crippen molar-refractivity contribution in [2.45, 2.75) is 19.9 Å². The molecule has 1 aromatic heterocycles. The number of carbonyl (C=O) groups excluding carboxylic acids is 3. The Bertz CT molecular complexity index is 765. The first kappa shape index (κ1) is 15.0. The van der Waals surface area contributed by atoms with Crippen LogP contribution in [0, 0.1) is 0 Å². The van der Waals surface area contributed by atoms with Gasteiger partial charge in [-0.15, -0.1) is 0 Å².